The van der Waals surface area contributed by atoms with E-state index in [0.29, 0.717) is 5.75 Å². The summed E-state index contributed by atoms with van der Waals surface area (Å²) in [7, 11) is 1.51. The molecule has 0 bridgehead atoms. The summed E-state index contributed by atoms with van der Waals surface area (Å²) in [5.74, 6) is 0.486. The molecule has 1 aromatic rings. The summed E-state index contributed by atoms with van der Waals surface area (Å²) in [6, 6.07) is 4.80. The highest BCUT2D eigenvalue weighted by Gasteiger charge is 2.21. The van der Waals surface area contributed by atoms with Crippen LogP contribution in [0.2, 0.25) is 0 Å². The van der Waals surface area contributed by atoms with Crippen LogP contribution in [-0.2, 0) is 4.79 Å². The Kier molecular flexibility index (Phi) is 5.61. The fourth-order valence-corrected chi connectivity index (χ4v) is 1.99. The summed E-state index contributed by atoms with van der Waals surface area (Å²) in [6.07, 6.45) is 0. The molecule has 1 aromatic carbocycles. The zero-order chi connectivity index (χ0) is 16.2. The van der Waals surface area contributed by atoms with Crippen molar-refractivity contribution >= 4 is 5.91 Å². The first-order valence-electron chi connectivity index (χ1n) is 7.09. The van der Waals surface area contributed by atoms with Crippen LogP contribution in [0.25, 0.3) is 0 Å². The fraction of sp³-hybridized carbons (Fsp3) is 0.562. The average molecular weight is 294 g/mol. The van der Waals surface area contributed by atoms with Gasteiger partial charge in [0.15, 0.2) is 11.5 Å². The minimum atomic E-state index is -0.320. The normalized spacial score (nSPS) is 14.4. The first-order chi connectivity index (χ1) is 9.64. The van der Waals surface area contributed by atoms with E-state index in [2.05, 4.69) is 10.6 Å². The lowest BCUT2D eigenvalue weighted by Gasteiger charge is -2.26. The smallest absolute Gasteiger partial charge is 0.237 e. The van der Waals surface area contributed by atoms with Crippen molar-refractivity contribution in [2.45, 2.75) is 52.2 Å². The topological polar surface area (TPSA) is 70.6 Å². The number of hydrogen-bond donors (Lipinski definition) is 3. The van der Waals surface area contributed by atoms with Crippen LogP contribution in [-0.4, -0.2) is 29.7 Å². The Morgan fingerprint density at radius 3 is 2.43 bits per heavy atom. The molecule has 21 heavy (non-hydrogen) atoms. The second-order valence-electron chi connectivity index (χ2n) is 6.28. The molecule has 2 atom stereocenters. The molecule has 0 radical (unpaired) electrons. The van der Waals surface area contributed by atoms with Gasteiger partial charge in [-0.1, -0.05) is 6.07 Å². The number of ether oxygens (including phenoxy) is 1. The zero-order valence-corrected chi connectivity index (χ0v) is 13.7. The lowest BCUT2D eigenvalue weighted by atomic mass is 10.1. The summed E-state index contributed by atoms with van der Waals surface area (Å²) in [5.41, 5.74) is 0.693. The first-order valence-corrected chi connectivity index (χ1v) is 7.09. The maximum atomic E-state index is 12.1. The van der Waals surface area contributed by atoms with Crippen LogP contribution in [0.1, 0.15) is 46.2 Å². The second kappa shape index (κ2) is 6.80. The number of methoxy groups -OCH3 is 1. The monoisotopic (exact) mass is 294 g/mol. The van der Waals surface area contributed by atoms with Crippen LogP contribution in [0, 0.1) is 0 Å². The van der Waals surface area contributed by atoms with Crippen LogP contribution in [0.3, 0.4) is 0 Å². The number of phenols is 1. The predicted molar refractivity (Wildman–Crippen MR) is 83.6 cm³/mol. The molecule has 3 N–H and O–H groups in total. The number of aromatic hydroxyl groups is 1. The summed E-state index contributed by atoms with van der Waals surface area (Å²) >= 11 is 0. The maximum absolute atomic E-state index is 12.1. The molecule has 1 rings (SSSR count). The molecule has 5 nitrogen and oxygen atoms in total. The zero-order valence-electron chi connectivity index (χ0n) is 13.7. The third kappa shape index (κ3) is 5.27. The van der Waals surface area contributed by atoms with Crippen molar-refractivity contribution in [3.05, 3.63) is 23.8 Å². The van der Waals surface area contributed by atoms with Gasteiger partial charge in [0.05, 0.1) is 13.2 Å². The molecular weight excluding hydrogens is 268 g/mol. The third-order valence-corrected chi connectivity index (χ3v) is 3.10. The van der Waals surface area contributed by atoms with E-state index in [1.54, 1.807) is 12.1 Å². The number of benzene rings is 1. The van der Waals surface area contributed by atoms with Crippen molar-refractivity contribution in [2.24, 2.45) is 0 Å². The lowest BCUT2D eigenvalue weighted by molar-refractivity contribution is -0.124. The number of hydrogen-bond acceptors (Lipinski definition) is 4. The molecule has 0 fully saturated rings. The van der Waals surface area contributed by atoms with Gasteiger partial charge in [0.25, 0.3) is 0 Å². The van der Waals surface area contributed by atoms with E-state index in [1.165, 1.54) is 7.11 Å². The van der Waals surface area contributed by atoms with Gasteiger partial charge in [-0.05, 0) is 52.3 Å². The van der Waals surface area contributed by atoms with Gasteiger partial charge in [-0.2, -0.15) is 0 Å². The van der Waals surface area contributed by atoms with Crippen LogP contribution in [0.4, 0.5) is 0 Å². The van der Waals surface area contributed by atoms with E-state index >= 15 is 0 Å². The molecule has 0 aromatic heterocycles. The van der Waals surface area contributed by atoms with Gasteiger partial charge in [0, 0.05) is 11.6 Å². The van der Waals surface area contributed by atoms with Crippen molar-refractivity contribution in [1.82, 2.24) is 10.6 Å². The molecule has 0 saturated carbocycles. The van der Waals surface area contributed by atoms with Crippen LogP contribution in [0.15, 0.2) is 18.2 Å². The van der Waals surface area contributed by atoms with Crippen molar-refractivity contribution in [3.63, 3.8) is 0 Å². The van der Waals surface area contributed by atoms with Crippen LogP contribution < -0.4 is 15.4 Å². The Labute approximate surface area is 126 Å². The van der Waals surface area contributed by atoms with Crippen LogP contribution in [0.5, 0.6) is 11.5 Å². The number of carbonyl (C=O) groups excluding carboxylic acids is 1. The highest BCUT2D eigenvalue weighted by molar-refractivity contribution is 5.82. The van der Waals surface area contributed by atoms with Gasteiger partial charge in [0.2, 0.25) is 5.91 Å². The number of phenolic OH excluding ortho intramolecular Hbond substituents is 1. The largest absolute Gasteiger partial charge is 0.504 e. The fourth-order valence-electron chi connectivity index (χ4n) is 1.99. The van der Waals surface area contributed by atoms with E-state index in [0.717, 1.165) is 5.56 Å². The highest BCUT2D eigenvalue weighted by atomic mass is 16.5. The van der Waals surface area contributed by atoms with E-state index < -0.39 is 0 Å². The first kappa shape index (κ1) is 17.3. The summed E-state index contributed by atoms with van der Waals surface area (Å²) in [4.78, 5) is 12.1. The Hall–Kier alpha value is -1.75. The van der Waals surface area contributed by atoms with Crippen molar-refractivity contribution < 1.29 is 14.6 Å². The molecule has 0 aliphatic carbocycles. The van der Waals surface area contributed by atoms with E-state index in [9.17, 15) is 9.90 Å². The predicted octanol–water partition coefficient (Wildman–Crippen LogP) is 2.35. The van der Waals surface area contributed by atoms with Crippen LogP contribution >= 0.6 is 0 Å². The maximum Gasteiger partial charge on any atom is 0.237 e. The molecular formula is C16H26N2O3. The minimum absolute atomic E-state index is 0.0415. The van der Waals surface area contributed by atoms with Crippen molar-refractivity contribution in [3.8, 4) is 11.5 Å². The van der Waals surface area contributed by atoms with E-state index in [4.69, 9.17) is 4.74 Å². The minimum Gasteiger partial charge on any atom is -0.504 e. The summed E-state index contributed by atoms with van der Waals surface area (Å²) in [5, 5.41) is 15.8. The van der Waals surface area contributed by atoms with Crippen molar-refractivity contribution in [1.29, 1.82) is 0 Å². The average Bonchev–Trinajstić information content (AvgIpc) is 2.37. The standard InChI is InChI=1S/C16H26N2O3/c1-10(12-7-8-13(19)14(9-12)21-6)17-11(2)15(20)18-16(3,4)5/h7-11,17,19H,1-6H3,(H,18,20). The Morgan fingerprint density at radius 1 is 1.29 bits per heavy atom. The molecule has 0 spiro atoms. The Bertz CT molecular complexity index is 495. The number of amides is 1. The van der Waals surface area contributed by atoms with Crippen molar-refractivity contribution in [2.75, 3.05) is 7.11 Å². The molecule has 1 amide bonds. The van der Waals surface area contributed by atoms with Gasteiger partial charge < -0.3 is 15.2 Å². The Balaban J connectivity index is 2.72. The quantitative estimate of drug-likeness (QED) is 0.779. The molecule has 0 saturated heterocycles. The van der Waals surface area contributed by atoms with E-state index in [1.807, 2.05) is 40.7 Å². The van der Waals surface area contributed by atoms with Gasteiger partial charge >= 0.3 is 0 Å². The van der Waals surface area contributed by atoms with Gasteiger partial charge in [-0.3, -0.25) is 10.1 Å². The Morgan fingerprint density at radius 2 is 1.90 bits per heavy atom. The molecule has 0 heterocycles. The van der Waals surface area contributed by atoms with E-state index in [-0.39, 0.29) is 29.3 Å². The molecule has 5 heteroatoms. The number of carbonyl (C=O) groups is 1. The number of nitrogens with one attached hydrogen (secondary N) is 2. The number of rotatable bonds is 5. The molecule has 0 aliphatic heterocycles. The summed E-state index contributed by atoms with van der Waals surface area (Å²) < 4.78 is 5.10. The molecule has 0 aliphatic rings. The molecule has 118 valence electrons. The third-order valence-electron chi connectivity index (χ3n) is 3.10. The second-order valence-corrected chi connectivity index (χ2v) is 6.28. The molecule has 2 unspecified atom stereocenters. The van der Waals surface area contributed by atoms with Gasteiger partial charge in [-0.15, -0.1) is 0 Å². The van der Waals surface area contributed by atoms with Gasteiger partial charge in [-0.25, -0.2) is 0 Å². The summed E-state index contributed by atoms with van der Waals surface area (Å²) in [6.45, 7) is 9.64. The van der Waals surface area contributed by atoms with Gasteiger partial charge in [0.1, 0.15) is 0 Å². The lowest BCUT2D eigenvalue weighted by Crippen LogP contribution is -2.49. The SMILES string of the molecule is COc1cc(C(C)NC(C)C(=O)NC(C)(C)C)ccc1O. The highest BCUT2D eigenvalue weighted by Crippen LogP contribution is 2.28.